The van der Waals surface area contributed by atoms with E-state index in [2.05, 4.69) is 15.0 Å². The van der Waals surface area contributed by atoms with Crippen molar-refractivity contribution in [1.29, 1.82) is 0 Å². The predicted molar refractivity (Wildman–Crippen MR) is 61.6 cm³/mol. The number of ether oxygens (including phenoxy) is 1. The Hall–Kier alpha value is -1.89. The van der Waals surface area contributed by atoms with E-state index >= 15 is 0 Å². The summed E-state index contributed by atoms with van der Waals surface area (Å²) in [7, 11) is 0. The third-order valence-corrected chi connectivity index (χ3v) is 2.86. The van der Waals surface area contributed by atoms with Crippen LogP contribution in [0.1, 0.15) is 24.6 Å². The Morgan fingerprint density at radius 1 is 1.83 bits per heavy atom. The summed E-state index contributed by atoms with van der Waals surface area (Å²) in [5.74, 6) is 0. The molecule has 0 aromatic carbocycles. The van der Waals surface area contributed by atoms with Crippen LogP contribution in [-0.2, 0) is 4.74 Å². The maximum Gasteiger partial charge on any atom is 0.349 e. The summed E-state index contributed by atoms with van der Waals surface area (Å²) in [6.45, 7) is 1.40. The average Bonchev–Trinajstić information content (AvgIpc) is 2.78. The van der Waals surface area contributed by atoms with Gasteiger partial charge in [-0.25, -0.2) is 9.78 Å². The topological polar surface area (TPSA) is 113 Å². The normalized spacial score (nSPS) is 26.9. The number of aliphatic hydroxyl groups excluding tert-OH is 1. The lowest BCUT2D eigenvalue weighted by molar-refractivity contribution is -0.0951. The van der Waals surface area contributed by atoms with Crippen molar-refractivity contribution < 1.29 is 9.84 Å². The molecule has 2 rings (SSSR count). The van der Waals surface area contributed by atoms with Crippen LogP contribution < -0.4 is 5.69 Å². The van der Waals surface area contributed by atoms with Gasteiger partial charge >= 0.3 is 5.69 Å². The summed E-state index contributed by atoms with van der Waals surface area (Å²) in [5, 5.41) is 12.7. The maximum absolute atomic E-state index is 11.6. The molecule has 0 amide bonds. The van der Waals surface area contributed by atoms with E-state index < -0.39 is 24.2 Å². The molecule has 1 saturated heterocycles. The summed E-state index contributed by atoms with van der Waals surface area (Å²) in [4.78, 5) is 18.0. The molecule has 0 spiro atoms. The molecular formula is C10H13N5O3. The van der Waals surface area contributed by atoms with Gasteiger partial charge in [-0.2, -0.15) is 0 Å². The molecule has 0 aliphatic carbocycles. The molecule has 1 N–H and O–H groups in total. The third kappa shape index (κ3) is 2.21. The lowest BCUT2D eigenvalue weighted by atomic mass is 10.1. The molecule has 1 aliphatic heterocycles. The summed E-state index contributed by atoms with van der Waals surface area (Å²) in [5.41, 5.74) is 7.58. The van der Waals surface area contributed by atoms with Crippen LogP contribution in [0, 0.1) is 6.92 Å². The van der Waals surface area contributed by atoms with Crippen molar-refractivity contribution in [3.05, 3.63) is 38.9 Å². The van der Waals surface area contributed by atoms with Crippen molar-refractivity contribution in [2.45, 2.75) is 31.7 Å². The summed E-state index contributed by atoms with van der Waals surface area (Å²) >= 11 is 0. The number of hydrogen-bond donors (Lipinski definition) is 1. The molecule has 1 aliphatic rings. The van der Waals surface area contributed by atoms with E-state index in [1.165, 1.54) is 10.8 Å². The number of azide groups is 1. The highest BCUT2D eigenvalue weighted by Gasteiger charge is 2.40. The zero-order chi connectivity index (χ0) is 13.2. The molecule has 8 nitrogen and oxygen atoms in total. The molecule has 1 aromatic rings. The number of aryl methyl sites for hydroxylation is 1. The predicted octanol–water partition coefficient (Wildman–Crippen LogP) is 0.860. The van der Waals surface area contributed by atoms with Crippen LogP contribution >= 0.6 is 0 Å². The van der Waals surface area contributed by atoms with Crippen molar-refractivity contribution >= 4 is 0 Å². The van der Waals surface area contributed by atoms with E-state index in [0.29, 0.717) is 12.8 Å². The first-order valence-corrected chi connectivity index (χ1v) is 5.50. The number of nitrogens with zero attached hydrogens (tertiary/aromatic N) is 5. The van der Waals surface area contributed by atoms with E-state index in [1.807, 2.05) is 6.92 Å². The fourth-order valence-corrected chi connectivity index (χ4v) is 1.96. The number of hydrogen-bond acceptors (Lipinski definition) is 5. The van der Waals surface area contributed by atoms with Gasteiger partial charge in [0.2, 0.25) is 0 Å². The van der Waals surface area contributed by atoms with Gasteiger partial charge in [0, 0.05) is 17.3 Å². The first-order chi connectivity index (χ1) is 8.60. The largest absolute Gasteiger partial charge is 0.393 e. The lowest BCUT2D eigenvalue weighted by Crippen LogP contribution is -2.32. The van der Waals surface area contributed by atoms with Gasteiger partial charge < -0.3 is 9.84 Å². The van der Waals surface area contributed by atoms with E-state index in [4.69, 9.17) is 10.3 Å². The second-order valence-corrected chi connectivity index (χ2v) is 4.23. The molecule has 1 fully saturated rings. The molecule has 1 aromatic heterocycles. The zero-order valence-corrected chi connectivity index (χ0v) is 9.85. The third-order valence-electron chi connectivity index (χ3n) is 2.86. The SMILES string of the molecule is Cc1cnc(=O)n([C@H]2CC[C@@](CO)(N=[N+]=[N-])O2)c1. The van der Waals surface area contributed by atoms with Gasteiger partial charge in [-0.3, -0.25) is 4.57 Å². The Bertz CT molecular complexity index is 551. The smallest absolute Gasteiger partial charge is 0.349 e. The van der Waals surface area contributed by atoms with Crippen LogP contribution in [0.2, 0.25) is 0 Å². The van der Waals surface area contributed by atoms with Gasteiger partial charge in [0.1, 0.15) is 6.23 Å². The van der Waals surface area contributed by atoms with Crippen LogP contribution in [0.15, 0.2) is 22.3 Å². The van der Waals surface area contributed by atoms with Gasteiger partial charge in [-0.15, -0.1) is 0 Å². The molecule has 2 heterocycles. The molecule has 18 heavy (non-hydrogen) atoms. The van der Waals surface area contributed by atoms with Crippen molar-refractivity contribution in [3.63, 3.8) is 0 Å². The fourth-order valence-electron chi connectivity index (χ4n) is 1.96. The second-order valence-electron chi connectivity index (χ2n) is 4.23. The Kier molecular flexibility index (Phi) is 3.33. The number of aliphatic hydroxyl groups is 1. The monoisotopic (exact) mass is 251 g/mol. The van der Waals surface area contributed by atoms with Crippen molar-refractivity contribution in [2.75, 3.05) is 6.61 Å². The van der Waals surface area contributed by atoms with E-state index in [1.54, 1.807) is 6.20 Å². The average molecular weight is 251 g/mol. The first kappa shape index (κ1) is 12.6. The van der Waals surface area contributed by atoms with E-state index in [9.17, 15) is 9.90 Å². The van der Waals surface area contributed by atoms with Crippen LogP contribution in [0.5, 0.6) is 0 Å². The molecule has 0 radical (unpaired) electrons. The highest BCUT2D eigenvalue weighted by molar-refractivity contribution is 5.01. The van der Waals surface area contributed by atoms with Gasteiger partial charge in [0.05, 0.1) is 6.61 Å². The quantitative estimate of drug-likeness (QED) is 0.487. The first-order valence-electron chi connectivity index (χ1n) is 5.50. The fraction of sp³-hybridized carbons (Fsp3) is 0.600. The Balaban J connectivity index is 2.30. The van der Waals surface area contributed by atoms with E-state index in [0.717, 1.165) is 5.56 Å². The minimum absolute atomic E-state index is 0.360. The highest BCUT2D eigenvalue weighted by Crippen LogP contribution is 2.36. The van der Waals surface area contributed by atoms with Crippen LogP contribution in [-0.4, -0.2) is 27.0 Å². The van der Waals surface area contributed by atoms with Crippen LogP contribution in [0.25, 0.3) is 10.4 Å². The molecule has 0 bridgehead atoms. The second kappa shape index (κ2) is 4.77. The lowest BCUT2D eigenvalue weighted by Gasteiger charge is -2.21. The summed E-state index contributed by atoms with van der Waals surface area (Å²) in [6, 6.07) is 0. The Morgan fingerprint density at radius 2 is 2.61 bits per heavy atom. The molecule has 8 heteroatoms. The molecular weight excluding hydrogens is 238 g/mol. The minimum Gasteiger partial charge on any atom is -0.393 e. The Morgan fingerprint density at radius 3 is 3.28 bits per heavy atom. The number of rotatable bonds is 3. The molecule has 96 valence electrons. The molecule has 0 saturated carbocycles. The summed E-state index contributed by atoms with van der Waals surface area (Å²) in [6.07, 6.45) is 3.37. The number of aromatic nitrogens is 2. The van der Waals surface area contributed by atoms with Gasteiger partial charge in [0.15, 0.2) is 5.72 Å². The van der Waals surface area contributed by atoms with E-state index in [-0.39, 0.29) is 0 Å². The van der Waals surface area contributed by atoms with Crippen molar-refractivity contribution in [2.24, 2.45) is 5.11 Å². The Labute approximate surface area is 102 Å². The molecule has 0 unspecified atom stereocenters. The minimum atomic E-state index is -1.28. The van der Waals surface area contributed by atoms with Gasteiger partial charge in [0.25, 0.3) is 0 Å². The standard InChI is InChI=1S/C10H13N5O3/c1-7-4-12-9(17)15(5-7)8-2-3-10(6-16,18-8)13-14-11/h4-5,8,16H,2-3,6H2,1H3/t8-,10-/m1/s1. The zero-order valence-electron chi connectivity index (χ0n) is 9.85. The van der Waals surface area contributed by atoms with Gasteiger partial charge in [-0.05, 0) is 30.9 Å². The van der Waals surface area contributed by atoms with Crippen LogP contribution in [0.3, 0.4) is 0 Å². The van der Waals surface area contributed by atoms with Gasteiger partial charge in [-0.1, -0.05) is 5.11 Å². The van der Waals surface area contributed by atoms with Crippen LogP contribution in [0.4, 0.5) is 0 Å². The van der Waals surface area contributed by atoms with Crippen molar-refractivity contribution in [3.8, 4) is 0 Å². The molecule has 2 atom stereocenters. The highest BCUT2D eigenvalue weighted by atomic mass is 16.6. The van der Waals surface area contributed by atoms with Crippen molar-refractivity contribution in [1.82, 2.24) is 9.55 Å². The summed E-state index contributed by atoms with van der Waals surface area (Å²) < 4.78 is 6.86. The maximum atomic E-state index is 11.6.